The van der Waals surface area contributed by atoms with E-state index >= 15 is 0 Å². The SMILES string of the molecule is O=C1C(O)=CC=C2C(=O)N(Cc3ccccc3)C=C12. The number of carbonyl (C=O) groups excluding carboxylic acids is 2. The van der Waals surface area contributed by atoms with Crippen molar-refractivity contribution in [2.45, 2.75) is 6.54 Å². The molecule has 1 aliphatic carbocycles. The Labute approximate surface area is 110 Å². The number of hydrogen-bond donors (Lipinski definition) is 1. The highest BCUT2D eigenvalue weighted by Crippen LogP contribution is 2.29. The second-order valence-corrected chi connectivity index (χ2v) is 4.42. The largest absolute Gasteiger partial charge is 0.504 e. The van der Waals surface area contributed by atoms with Crippen LogP contribution < -0.4 is 0 Å². The van der Waals surface area contributed by atoms with Crippen LogP contribution in [0.3, 0.4) is 0 Å². The van der Waals surface area contributed by atoms with Gasteiger partial charge in [0.25, 0.3) is 5.91 Å². The van der Waals surface area contributed by atoms with Crippen molar-refractivity contribution < 1.29 is 14.7 Å². The Bertz CT molecular complexity index is 653. The fourth-order valence-electron chi connectivity index (χ4n) is 2.17. The van der Waals surface area contributed by atoms with Crippen LogP contribution in [-0.2, 0) is 16.1 Å². The lowest BCUT2D eigenvalue weighted by Crippen LogP contribution is -2.22. The smallest absolute Gasteiger partial charge is 0.258 e. The molecule has 1 aromatic carbocycles. The first kappa shape index (κ1) is 11.5. The molecule has 4 heteroatoms. The van der Waals surface area contributed by atoms with Crippen molar-refractivity contribution in [3.05, 3.63) is 71.2 Å². The maximum atomic E-state index is 12.1. The highest BCUT2D eigenvalue weighted by molar-refractivity contribution is 6.21. The standard InChI is InChI=1S/C15H11NO3/c17-13-7-6-11-12(14(13)18)9-16(15(11)19)8-10-4-2-1-3-5-10/h1-7,9,17H,8H2. The molecule has 2 aliphatic rings. The summed E-state index contributed by atoms with van der Waals surface area (Å²) in [4.78, 5) is 25.4. The quantitative estimate of drug-likeness (QED) is 0.875. The fourth-order valence-corrected chi connectivity index (χ4v) is 2.17. The Morgan fingerprint density at radius 3 is 2.47 bits per heavy atom. The summed E-state index contributed by atoms with van der Waals surface area (Å²) < 4.78 is 0. The molecule has 0 aromatic heterocycles. The number of Topliss-reactive ketones (excluding diaryl/α,β-unsaturated/α-hetero) is 1. The van der Waals surface area contributed by atoms with E-state index in [0.29, 0.717) is 12.1 Å². The maximum absolute atomic E-state index is 12.1. The third-order valence-electron chi connectivity index (χ3n) is 3.15. The summed E-state index contributed by atoms with van der Waals surface area (Å²) in [5.74, 6) is -1.04. The second kappa shape index (κ2) is 4.24. The monoisotopic (exact) mass is 253 g/mol. The highest BCUT2D eigenvalue weighted by atomic mass is 16.3. The van der Waals surface area contributed by atoms with Gasteiger partial charge in [-0.05, 0) is 17.7 Å². The molecule has 0 saturated carbocycles. The Kier molecular flexibility index (Phi) is 2.56. The molecule has 0 saturated heterocycles. The number of hydrogen-bond acceptors (Lipinski definition) is 3. The summed E-state index contributed by atoms with van der Waals surface area (Å²) in [6.07, 6.45) is 4.25. The first-order valence-electron chi connectivity index (χ1n) is 5.89. The van der Waals surface area contributed by atoms with Gasteiger partial charge < -0.3 is 10.0 Å². The molecule has 0 fully saturated rings. The fraction of sp³-hybridized carbons (Fsp3) is 0.0667. The van der Waals surface area contributed by atoms with E-state index < -0.39 is 5.78 Å². The van der Waals surface area contributed by atoms with E-state index in [1.807, 2.05) is 30.3 Å². The van der Waals surface area contributed by atoms with Gasteiger partial charge in [-0.25, -0.2) is 0 Å². The van der Waals surface area contributed by atoms with Gasteiger partial charge in [-0.1, -0.05) is 30.3 Å². The van der Waals surface area contributed by atoms with E-state index in [-0.39, 0.29) is 17.2 Å². The number of aliphatic hydroxyl groups is 1. The van der Waals surface area contributed by atoms with Crippen LogP contribution in [0.1, 0.15) is 5.56 Å². The highest BCUT2D eigenvalue weighted by Gasteiger charge is 2.34. The Morgan fingerprint density at radius 2 is 1.74 bits per heavy atom. The lowest BCUT2D eigenvalue weighted by Gasteiger charge is -2.13. The van der Waals surface area contributed by atoms with Crippen molar-refractivity contribution >= 4 is 11.7 Å². The van der Waals surface area contributed by atoms with Crippen LogP contribution in [0.15, 0.2) is 65.6 Å². The molecule has 1 aliphatic heterocycles. The Hall–Kier alpha value is -2.62. The summed E-state index contributed by atoms with van der Waals surface area (Å²) in [7, 11) is 0. The van der Waals surface area contributed by atoms with Gasteiger partial charge in [0.1, 0.15) is 0 Å². The average molecular weight is 253 g/mol. The predicted molar refractivity (Wildman–Crippen MR) is 68.9 cm³/mol. The van der Waals surface area contributed by atoms with Gasteiger partial charge in [-0.3, -0.25) is 9.59 Å². The van der Waals surface area contributed by atoms with E-state index in [0.717, 1.165) is 5.56 Å². The molecule has 1 heterocycles. The van der Waals surface area contributed by atoms with E-state index in [2.05, 4.69) is 0 Å². The number of benzene rings is 1. The molecular formula is C15H11NO3. The first-order chi connectivity index (χ1) is 9.16. The van der Waals surface area contributed by atoms with E-state index in [4.69, 9.17) is 0 Å². The molecule has 1 amide bonds. The summed E-state index contributed by atoms with van der Waals surface area (Å²) in [6.45, 7) is 0.411. The Balaban J connectivity index is 1.90. The number of rotatable bonds is 2. The first-order valence-corrected chi connectivity index (χ1v) is 5.89. The third-order valence-corrected chi connectivity index (χ3v) is 3.15. The molecule has 3 rings (SSSR count). The normalized spacial score (nSPS) is 17.9. The molecular weight excluding hydrogens is 242 g/mol. The summed E-state index contributed by atoms with van der Waals surface area (Å²) in [5.41, 5.74) is 1.59. The minimum absolute atomic E-state index is 0.212. The number of nitrogens with zero attached hydrogens (tertiary/aromatic N) is 1. The van der Waals surface area contributed by atoms with Crippen LogP contribution in [0.4, 0.5) is 0 Å². The number of amides is 1. The van der Waals surface area contributed by atoms with Gasteiger partial charge >= 0.3 is 0 Å². The van der Waals surface area contributed by atoms with Crippen molar-refractivity contribution in [3.8, 4) is 0 Å². The molecule has 4 nitrogen and oxygen atoms in total. The topological polar surface area (TPSA) is 57.6 Å². The van der Waals surface area contributed by atoms with Gasteiger partial charge in [0, 0.05) is 6.20 Å². The van der Waals surface area contributed by atoms with Crippen molar-refractivity contribution in [1.82, 2.24) is 4.90 Å². The minimum Gasteiger partial charge on any atom is -0.504 e. The molecule has 1 N–H and O–H groups in total. The minimum atomic E-state index is -0.499. The van der Waals surface area contributed by atoms with Crippen LogP contribution in [0.2, 0.25) is 0 Å². The Morgan fingerprint density at radius 1 is 1.00 bits per heavy atom. The van der Waals surface area contributed by atoms with Crippen molar-refractivity contribution in [3.63, 3.8) is 0 Å². The molecule has 1 aromatic rings. The van der Waals surface area contributed by atoms with Crippen LogP contribution in [0.25, 0.3) is 0 Å². The number of carbonyl (C=O) groups is 2. The number of allylic oxidation sites excluding steroid dienone is 3. The van der Waals surface area contributed by atoms with Crippen molar-refractivity contribution in [2.75, 3.05) is 0 Å². The lowest BCUT2D eigenvalue weighted by molar-refractivity contribution is -0.124. The van der Waals surface area contributed by atoms with Crippen molar-refractivity contribution in [1.29, 1.82) is 0 Å². The zero-order valence-electron chi connectivity index (χ0n) is 10.0. The van der Waals surface area contributed by atoms with E-state index in [9.17, 15) is 14.7 Å². The maximum Gasteiger partial charge on any atom is 0.258 e. The van der Waals surface area contributed by atoms with Crippen LogP contribution in [-0.4, -0.2) is 21.7 Å². The number of fused-ring (bicyclic) bond motifs is 1. The van der Waals surface area contributed by atoms with Gasteiger partial charge in [0.2, 0.25) is 5.78 Å². The van der Waals surface area contributed by atoms with Gasteiger partial charge in [-0.2, -0.15) is 0 Å². The molecule has 0 bridgehead atoms. The summed E-state index contributed by atoms with van der Waals surface area (Å²) >= 11 is 0. The molecule has 0 unspecified atom stereocenters. The molecule has 0 radical (unpaired) electrons. The van der Waals surface area contributed by atoms with Crippen LogP contribution >= 0.6 is 0 Å². The van der Waals surface area contributed by atoms with Gasteiger partial charge in [0.05, 0.1) is 17.7 Å². The second-order valence-electron chi connectivity index (χ2n) is 4.42. The number of aliphatic hydroxyl groups excluding tert-OH is 1. The van der Waals surface area contributed by atoms with Crippen molar-refractivity contribution in [2.24, 2.45) is 0 Å². The number of ketones is 1. The van der Waals surface area contributed by atoms with Gasteiger partial charge in [0.15, 0.2) is 5.76 Å². The predicted octanol–water partition coefficient (Wildman–Crippen LogP) is 1.86. The third kappa shape index (κ3) is 1.87. The average Bonchev–Trinajstić information content (AvgIpc) is 2.73. The zero-order chi connectivity index (χ0) is 13.4. The van der Waals surface area contributed by atoms with Gasteiger partial charge in [-0.15, -0.1) is 0 Å². The summed E-state index contributed by atoms with van der Waals surface area (Å²) in [6, 6.07) is 9.53. The van der Waals surface area contributed by atoms with E-state index in [1.165, 1.54) is 23.3 Å². The molecule has 0 spiro atoms. The van der Waals surface area contributed by atoms with Crippen LogP contribution in [0, 0.1) is 0 Å². The summed E-state index contributed by atoms with van der Waals surface area (Å²) in [5, 5.41) is 9.38. The molecule has 0 atom stereocenters. The van der Waals surface area contributed by atoms with Crippen LogP contribution in [0.5, 0.6) is 0 Å². The molecule has 19 heavy (non-hydrogen) atoms. The van der Waals surface area contributed by atoms with E-state index in [1.54, 1.807) is 0 Å². The molecule has 94 valence electrons. The zero-order valence-corrected chi connectivity index (χ0v) is 10.0. The lowest BCUT2D eigenvalue weighted by atomic mass is 9.98.